The van der Waals surface area contributed by atoms with E-state index < -0.39 is 0 Å². The zero-order valence-corrected chi connectivity index (χ0v) is 21.1. The summed E-state index contributed by atoms with van der Waals surface area (Å²) in [6.45, 7) is 2.10. The van der Waals surface area contributed by atoms with Gasteiger partial charge in [0.2, 0.25) is 0 Å². The van der Waals surface area contributed by atoms with Crippen molar-refractivity contribution in [1.82, 2.24) is 5.32 Å². The zero-order valence-electron chi connectivity index (χ0n) is 19.5. The van der Waals surface area contributed by atoms with E-state index in [1.165, 1.54) is 11.8 Å². The molecule has 2 heterocycles. The van der Waals surface area contributed by atoms with Gasteiger partial charge in [-0.2, -0.15) is 0 Å². The highest BCUT2D eigenvalue weighted by molar-refractivity contribution is 8.26. The van der Waals surface area contributed by atoms with Crippen molar-refractivity contribution in [3.8, 4) is 17.2 Å². The van der Waals surface area contributed by atoms with Crippen LogP contribution in [0.4, 0.5) is 0 Å². The predicted octanol–water partition coefficient (Wildman–Crippen LogP) is 5.98. The Morgan fingerprint density at radius 2 is 1.69 bits per heavy atom. The van der Waals surface area contributed by atoms with E-state index in [0.717, 1.165) is 33.6 Å². The van der Waals surface area contributed by atoms with E-state index in [1.807, 2.05) is 54.6 Å². The molecule has 3 aromatic rings. The van der Waals surface area contributed by atoms with Gasteiger partial charge < -0.3 is 19.5 Å². The summed E-state index contributed by atoms with van der Waals surface area (Å²) in [6, 6.07) is 22.0. The summed E-state index contributed by atoms with van der Waals surface area (Å²) >= 11 is 6.50. The lowest BCUT2D eigenvalue weighted by Gasteiger charge is -2.31. The molecule has 0 spiro atoms. The summed E-state index contributed by atoms with van der Waals surface area (Å²) in [7, 11) is 3.21. The first-order chi connectivity index (χ1) is 17.0. The number of carbonyl (C=O) groups is 1. The molecule has 1 amide bonds. The Labute approximate surface area is 213 Å². The van der Waals surface area contributed by atoms with Crippen LogP contribution < -0.4 is 19.5 Å². The van der Waals surface area contributed by atoms with Gasteiger partial charge >= 0.3 is 0 Å². The molecule has 2 aliphatic heterocycles. The number of benzene rings is 3. The number of aryl methyl sites for hydroxylation is 1. The van der Waals surface area contributed by atoms with Gasteiger partial charge in [0, 0.05) is 22.6 Å². The number of carbonyl (C=O) groups excluding carboxylic acids is 1. The molecule has 0 saturated carbocycles. The maximum absolute atomic E-state index is 12.7. The summed E-state index contributed by atoms with van der Waals surface area (Å²) in [4.78, 5) is 13.2. The number of amides is 1. The van der Waals surface area contributed by atoms with Crippen LogP contribution in [0.15, 0.2) is 83.3 Å². The van der Waals surface area contributed by atoms with E-state index in [9.17, 15) is 4.79 Å². The number of thioether (sulfide) groups is 1. The molecule has 7 heteroatoms. The highest BCUT2D eigenvalue weighted by atomic mass is 32.2. The minimum Gasteiger partial charge on any atom is -0.493 e. The molecule has 5 rings (SSSR count). The van der Waals surface area contributed by atoms with Crippen molar-refractivity contribution >= 4 is 40.0 Å². The van der Waals surface area contributed by atoms with Crippen molar-refractivity contribution in [3.63, 3.8) is 0 Å². The molecule has 0 aliphatic carbocycles. The van der Waals surface area contributed by atoms with Crippen molar-refractivity contribution in [2.75, 3.05) is 14.2 Å². The van der Waals surface area contributed by atoms with Crippen LogP contribution in [0.5, 0.6) is 17.2 Å². The minimum absolute atomic E-state index is 0.153. The smallest absolute Gasteiger partial charge is 0.263 e. The standard InChI is InChI=1S/C28H23NO4S2/c1-16-8-4-5-9-18(16)25-19-10-6-7-11-21(19)33-26(17-12-13-22(31-2)23(14-17)32-3)20(25)15-24-27(30)29-28(34)35-24/h4-15,25H,1-3H3,(H,29,30,34)/b24-15+/t25-/m0/s1. The van der Waals surface area contributed by atoms with Crippen molar-refractivity contribution < 1.29 is 19.0 Å². The highest BCUT2D eigenvalue weighted by Crippen LogP contribution is 2.48. The largest absolute Gasteiger partial charge is 0.493 e. The maximum atomic E-state index is 12.7. The molecule has 0 unspecified atom stereocenters. The number of para-hydroxylation sites is 1. The van der Waals surface area contributed by atoms with Crippen LogP contribution in [0.3, 0.4) is 0 Å². The second-order valence-corrected chi connectivity index (χ2v) is 9.85. The molecule has 2 aliphatic rings. The van der Waals surface area contributed by atoms with E-state index in [-0.39, 0.29) is 11.8 Å². The monoisotopic (exact) mass is 501 g/mol. The second kappa shape index (κ2) is 9.60. The van der Waals surface area contributed by atoms with Gasteiger partial charge in [0.05, 0.1) is 19.1 Å². The summed E-state index contributed by atoms with van der Waals surface area (Å²) in [6.07, 6.45) is 1.90. The van der Waals surface area contributed by atoms with Crippen molar-refractivity contribution in [1.29, 1.82) is 0 Å². The topological polar surface area (TPSA) is 56.8 Å². The van der Waals surface area contributed by atoms with Crippen LogP contribution in [0.2, 0.25) is 0 Å². The highest BCUT2D eigenvalue weighted by Gasteiger charge is 2.33. The molecule has 0 radical (unpaired) electrons. The lowest BCUT2D eigenvalue weighted by molar-refractivity contribution is -0.115. The van der Waals surface area contributed by atoms with Crippen LogP contribution in [0.1, 0.15) is 28.2 Å². The van der Waals surface area contributed by atoms with E-state index in [2.05, 4.69) is 30.4 Å². The van der Waals surface area contributed by atoms with Crippen LogP contribution in [-0.2, 0) is 4.79 Å². The fourth-order valence-corrected chi connectivity index (χ4v) is 5.47. The Kier molecular flexibility index (Phi) is 6.36. The SMILES string of the molecule is COc1ccc(C2=C(/C=C3/SC(=S)NC3=O)[C@@H](c3ccccc3C)c3ccccc3O2)cc1OC. The molecule has 1 saturated heterocycles. The first-order valence-electron chi connectivity index (χ1n) is 11.0. The van der Waals surface area contributed by atoms with Crippen molar-refractivity contribution in [2.24, 2.45) is 0 Å². The lowest BCUT2D eigenvalue weighted by Crippen LogP contribution is -2.19. The Morgan fingerprint density at radius 3 is 2.37 bits per heavy atom. The van der Waals surface area contributed by atoms with Crippen LogP contribution in [-0.4, -0.2) is 24.4 Å². The average molecular weight is 502 g/mol. The van der Waals surface area contributed by atoms with Gasteiger partial charge in [0.1, 0.15) is 15.8 Å². The third-order valence-electron chi connectivity index (χ3n) is 6.09. The number of nitrogens with one attached hydrogen (secondary N) is 1. The molecule has 5 nitrogen and oxygen atoms in total. The van der Waals surface area contributed by atoms with Gasteiger partial charge in [0.25, 0.3) is 5.91 Å². The van der Waals surface area contributed by atoms with E-state index >= 15 is 0 Å². The Bertz CT molecular complexity index is 1410. The molecule has 0 bridgehead atoms. The first kappa shape index (κ1) is 23.2. The predicted molar refractivity (Wildman–Crippen MR) is 143 cm³/mol. The van der Waals surface area contributed by atoms with Crippen molar-refractivity contribution in [3.05, 3.63) is 106 Å². The van der Waals surface area contributed by atoms with Gasteiger partial charge in [-0.15, -0.1) is 0 Å². The van der Waals surface area contributed by atoms with E-state index in [1.54, 1.807) is 14.2 Å². The molecule has 1 fully saturated rings. The van der Waals surface area contributed by atoms with Gasteiger partial charge in [-0.05, 0) is 48.4 Å². The molecular formula is C28H23NO4S2. The lowest BCUT2D eigenvalue weighted by atomic mass is 9.79. The number of fused-ring (bicyclic) bond motifs is 1. The average Bonchev–Trinajstić information content (AvgIpc) is 3.20. The molecule has 3 aromatic carbocycles. The second-order valence-electron chi connectivity index (χ2n) is 8.14. The normalized spacial score (nSPS) is 18.3. The third-order valence-corrected chi connectivity index (χ3v) is 7.25. The molecule has 1 atom stereocenters. The van der Waals surface area contributed by atoms with Gasteiger partial charge in [0.15, 0.2) is 11.5 Å². The van der Waals surface area contributed by atoms with Gasteiger partial charge in [-0.25, -0.2) is 0 Å². The quantitative estimate of drug-likeness (QED) is 0.343. The van der Waals surface area contributed by atoms with Gasteiger partial charge in [-0.3, -0.25) is 4.79 Å². The van der Waals surface area contributed by atoms with Crippen LogP contribution in [0.25, 0.3) is 5.76 Å². The van der Waals surface area contributed by atoms with E-state index in [4.69, 9.17) is 26.4 Å². The number of methoxy groups -OCH3 is 2. The maximum Gasteiger partial charge on any atom is 0.263 e. The fourth-order valence-electron chi connectivity index (χ4n) is 4.44. The number of hydrogen-bond acceptors (Lipinski definition) is 6. The number of thiocarbonyl (C=S) groups is 1. The molecular weight excluding hydrogens is 478 g/mol. The first-order valence-corrected chi connectivity index (χ1v) is 12.3. The Balaban J connectivity index is 1.81. The molecule has 1 N–H and O–H groups in total. The number of ether oxygens (including phenoxy) is 3. The third kappa shape index (κ3) is 4.33. The van der Waals surface area contributed by atoms with Crippen LogP contribution >= 0.6 is 24.0 Å². The zero-order chi connectivity index (χ0) is 24.5. The summed E-state index contributed by atoms with van der Waals surface area (Å²) in [5.74, 6) is 2.28. The molecule has 176 valence electrons. The number of rotatable bonds is 5. The van der Waals surface area contributed by atoms with E-state index in [0.29, 0.717) is 26.5 Å². The number of allylic oxidation sites excluding steroid dienone is 2. The van der Waals surface area contributed by atoms with Crippen LogP contribution in [0, 0.1) is 6.92 Å². The number of hydrogen-bond donors (Lipinski definition) is 1. The summed E-state index contributed by atoms with van der Waals surface area (Å²) < 4.78 is 18.0. The molecule has 0 aromatic heterocycles. The Hall–Kier alpha value is -3.55. The van der Waals surface area contributed by atoms with Crippen molar-refractivity contribution in [2.45, 2.75) is 12.8 Å². The summed E-state index contributed by atoms with van der Waals surface area (Å²) in [5.41, 5.74) is 5.00. The minimum atomic E-state index is -0.207. The summed E-state index contributed by atoms with van der Waals surface area (Å²) in [5, 5.41) is 2.72. The molecule has 35 heavy (non-hydrogen) atoms. The fraction of sp³-hybridized carbons (Fsp3) is 0.143. The van der Waals surface area contributed by atoms with Gasteiger partial charge in [-0.1, -0.05) is 66.4 Å². The Morgan fingerprint density at radius 1 is 0.971 bits per heavy atom.